The van der Waals surface area contributed by atoms with E-state index in [1.807, 2.05) is 6.92 Å². The Morgan fingerprint density at radius 2 is 1.76 bits per heavy atom. The van der Waals surface area contributed by atoms with Gasteiger partial charge in [0, 0.05) is 0 Å². The van der Waals surface area contributed by atoms with Crippen LogP contribution in [0, 0.1) is 5.92 Å². The lowest BCUT2D eigenvalue weighted by Gasteiger charge is -2.21. The first-order valence-electron chi connectivity index (χ1n) is 6.70. The molecule has 1 rings (SSSR count). The van der Waals surface area contributed by atoms with E-state index in [1.165, 1.54) is 14.2 Å². The van der Waals surface area contributed by atoms with Crippen LogP contribution < -0.4 is 14.8 Å². The number of carbonyl (C=O) groups excluding carboxylic acids is 1. The number of ether oxygens (including phenoxy) is 2. The highest BCUT2D eigenvalue weighted by Crippen LogP contribution is 2.28. The Hall–Kier alpha value is -2.24. The maximum Gasteiger partial charge on any atom is 0.326 e. The number of hydrogen-bond acceptors (Lipinski definition) is 4. The Morgan fingerprint density at radius 1 is 1.24 bits per heavy atom. The smallest absolute Gasteiger partial charge is 0.326 e. The van der Waals surface area contributed by atoms with Crippen LogP contribution in [0.25, 0.3) is 0 Å². The van der Waals surface area contributed by atoms with E-state index in [0.717, 1.165) is 0 Å². The lowest BCUT2D eigenvalue weighted by molar-refractivity contribution is -0.140. The molecule has 0 aliphatic carbocycles. The monoisotopic (exact) mass is 295 g/mol. The fourth-order valence-electron chi connectivity index (χ4n) is 1.97. The molecule has 21 heavy (non-hydrogen) atoms. The van der Waals surface area contributed by atoms with Crippen LogP contribution in [0.5, 0.6) is 11.5 Å². The molecule has 116 valence electrons. The van der Waals surface area contributed by atoms with E-state index in [2.05, 4.69) is 5.32 Å². The molecule has 2 atom stereocenters. The van der Waals surface area contributed by atoms with Crippen molar-refractivity contribution >= 4 is 11.9 Å². The normalized spacial score (nSPS) is 13.1. The van der Waals surface area contributed by atoms with Crippen LogP contribution >= 0.6 is 0 Å². The maximum absolute atomic E-state index is 12.4. The zero-order chi connectivity index (χ0) is 16.0. The second kappa shape index (κ2) is 7.52. The molecule has 2 unspecified atom stereocenters. The van der Waals surface area contributed by atoms with E-state index in [-0.39, 0.29) is 11.5 Å². The van der Waals surface area contributed by atoms with E-state index in [1.54, 1.807) is 25.1 Å². The molecule has 1 aromatic carbocycles. The van der Waals surface area contributed by atoms with Crippen LogP contribution in [0.3, 0.4) is 0 Å². The van der Waals surface area contributed by atoms with Gasteiger partial charge in [0.1, 0.15) is 23.1 Å². The highest BCUT2D eigenvalue weighted by molar-refractivity contribution is 6.01. The minimum Gasteiger partial charge on any atom is -0.496 e. The molecule has 6 nitrogen and oxygen atoms in total. The third-order valence-corrected chi connectivity index (χ3v) is 3.42. The number of rotatable bonds is 7. The number of hydrogen-bond donors (Lipinski definition) is 2. The molecular formula is C15H21NO5. The minimum atomic E-state index is -1.06. The summed E-state index contributed by atoms with van der Waals surface area (Å²) in [6.07, 6.45) is 0.639. The van der Waals surface area contributed by atoms with Crippen molar-refractivity contribution in [1.82, 2.24) is 5.32 Å². The number of methoxy groups -OCH3 is 2. The molecule has 1 aromatic rings. The first-order chi connectivity index (χ1) is 9.96. The second-order valence-corrected chi connectivity index (χ2v) is 4.71. The molecule has 0 aliphatic heterocycles. The van der Waals surface area contributed by atoms with Crippen molar-refractivity contribution in [3.63, 3.8) is 0 Å². The van der Waals surface area contributed by atoms with Crippen LogP contribution in [0.15, 0.2) is 18.2 Å². The van der Waals surface area contributed by atoms with Gasteiger partial charge in [-0.05, 0) is 18.1 Å². The van der Waals surface area contributed by atoms with Crippen molar-refractivity contribution < 1.29 is 24.2 Å². The first kappa shape index (κ1) is 16.8. The van der Waals surface area contributed by atoms with Gasteiger partial charge in [0.25, 0.3) is 5.91 Å². The Kier molecular flexibility index (Phi) is 6.02. The van der Waals surface area contributed by atoms with Gasteiger partial charge >= 0.3 is 5.97 Å². The molecule has 0 spiro atoms. The number of carbonyl (C=O) groups is 2. The summed E-state index contributed by atoms with van der Waals surface area (Å²) in [4.78, 5) is 23.7. The molecule has 2 N–H and O–H groups in total. The molecule has 1 amide bonds. The summed E-state index contributed by atoms with van der Waals surface area (Å²) >= 11 is 0. The van der Waals surface area contributed by atoms with E-state index in [0.29, 0.717) is 17.9 Å². The molecule has 0 saturated heterocycles. The molecule has 0 aromatic heterocycles. The fourth-order valence-corrected chi connectivity index (χ4v) is 1.97. The van der Waals surface area contributed by atoms with Crippen molar-refractivity contribution in [2.24, 2.45) is 5.92 Å². The first-order valence-corrected chi connectivity index (χ1v) is 6.70. The summed E-state index contributed by atoms with van der Waals surface area (Å²) in [5, 5.41) is 11.8. The van der Waals surface area contributed by atoms with Crippen molar-refractivity contribution in [3.05, 3.63) is 23.8 Å². The number of benzene rings is 1. The van der Waals surface area contributed by atoms with Crippen LogP contribution in [0.4, 0.5) is 0 Å². The van der Waals surface area contributed by atoms with Crippen molar-refractivity contribution in [1.29, 1.82) is 0 Å². The van der Waals surface area contributed by atoms with E-state index >= 15 is 0 Å². The highest BCUT2D eigenvalue weighted by Gasteiger charge is 2.28. The third-order valence-electron chi connectivity index (χ3n) is 3.42. The van der Waals surface area contributed by atoms with E-state index < -0.39 is 17.9 Å². The van der Waals surface area contributed by atoms with E-state index in [9.17, 15) is 14.7 Å². The second-order valence-electron chi connectivity index (χ2n) is 4.71. The average molecular weight is 295 g/mol. The molecule has 0 aliphatic rings. The van der Waals surface area contributed by atoms with Gasteiger partial charge in [0.05, 0.1) is 14.2 Å². The highest BCUT2D eigenvalue weighted by atomic mass is 16.5. The SMILES string of the molecule is CCC(C)C(NC(=O)c1c(OC)cccc1OC)C(=O)O. The van der Waals surface area contributed by atoms with Crippen molar-refractivity contribution in [2.45, 2.75) is 26.3 Å². The van der Waals surface area contributed by atoms with Gasteiger partial charge in [-0.15, -0.1) is 0 Å². The minimum absolute atomic E-state index is 0.188. The molecular weight excluding hydrogens is 274 g/mol. The number of aliphatic carboxylic acids is 1. The van der Waals surface area contributed by atoms with Crippen LogP contribution in [0.2, 0.25) is 0 Å². The Labute approximate surface area is 124 Å². The van der Waals surface area contributed by atoms with Gasteiger partial charge in [-0.2, -0.15) is 0 Å². The lowest BCUT2D eigenvalue weighted by Crippen LogP contribution is -2.45. The summed E-state index contributed by atoms with van der Waals surface area (Å²) in [5.74, 6) is -1.11. The topological polar surface area (TPSA) is 84.9 Å². The van der Waals surface area contributed by atoms with Crippen molar-refractivity contribution in [3.8, 4) is 11.5 Å². The van der Waals surface area contributed by atoms with Crippen LogP contribution in [-0.4, -0.2) is 37.2 Å². The number of amides is 1. The van der Waals surface area contributed by atoms with Crippen LogP contribution in [0.1, 0.15) is 30.6 Å². The summed E-state index contributed by atoms with van der Waals surface area (Å²) in [6.45, 7) is 3.65. The average Bonchev–Trinajstić information content (AvgIpc) is 2.50. The number of carboxylic acids is 1. The molecule has 0 fully saturated rings. The van der Waals surface area contributed by atoms with Gasteiger partial charge < -0.3 is 19.9 Å². The maximum atomic E-state index is 12.4. The third kappa shape index (κ3) is 3.87. The molecule has 0 heterocycles. The van der Waals surface area contributed by atoms with Gasteiger partial charge in [-0.25, -0.2) is 4.79 Å². The summed E-state index contributed by atoms with van der Waals surface area (Å²) < 4.78 is 10.3. The predicted molar refractivity (Wildman–Crippen MR) is 77.9 cm³/mol. The summed E-state index contributed by atoms with van der Waals surface area (Å²) in [6, 6.07) is 3.97. The lowest BCUT2D eigenvalue weighted by atomic mass is 9.98. The summed E-state index contributed by atoms with van der Waals surface area (Å²) in [5.41, 5.74) is 0.192. The molecule has 0 radical (unpaired) electrons. The van der Waals surface area contributed by atoms with Crippen LogP contribution in [-0.2, 0) is 4.79 Å². The zero-order valence-corrected chi connectivity index (χ0v) is 12.7. The van der Waals surface area contributed by atoms with Gasteiger partial charge in [-0.3, -0.25) is 4.79 Å². The number of carboxylic acid groups (broad SMARTS) is 1. The van der Waals surface area contributed by atoms with Gasteiger partial charge in [0.2, 0.25) is 0 Å². The van der Waals surface area contributed by atoms with Gasteiger partial charge in [-0.1, -0.05) is 26.3 Å². The molecule has 0 saturated carbocycles. The fraction of sp³-hybridized carbons (Fsp3) is 0.467. The predicted octanol–water partition coefficient (Wildman–Crippen LogP) is 1.93. The van der Waals surface area contributed by atoms with E-state index in [4.69, 9.17) is 9.47 Å². The standard InChI is InChI=1S/C15H21NO5/c1-5-9(2)13(15(18)19)16-14(17)12-10(20-3)7-6-8-11(12)21-4/h6-9,13H,5H2,1-4H3,(H,16,17)(H,18,19). The van der Waals surface area contributed by atoms with Gasteiger partial charge in [0.15, 0.2) is 0 Å². The Bertz CT molecular complexity index is 493. The quantitative estimate of drug-likeness (QED) is 0.803. The summed E-state index contributed by atoms with van der Waals surface area (Å²) in [7, 11) is 2.88. The molecule has 0 bridgehead atoms. The molecule has 6 heteroatoms. The largest absolute Gasteiger partial charge is 0.496 e. The number of nitrogens with one attached hydrogen (secondary N) is 1. The Balaban J connectivity index is 3.10. The zero-order valence-electron chi connectivity index (χ0n) is 12.7. The van der Waals surface area contributed by atoms with Crippen molar-refractivity contribution in [2.75, 3.05) is 14.2 Å². The Morgan fingerprint density at radius 3 is 2.14 bits per heavy atom.